The molecule has 1 aromatic rings. The van der Waals surface area contributed by atoms with E-state index >= 15 is 0 Å². The molecule has 4 saturated carbocycles. The average Bonchev–Trinajstić information content (AvgIpc) is 2.85. The van der Waals surface area contributed by atoms with E-state index in [2.05, 4.69) is 19.1 Å². The molecule has 4 fully saturated rings. The van der Waals surface area contributed by atoms with E-state index in [1.165, 1.54) is 32.1 Å². The standard InChI is InChI=1S/C18H27NO/c1-2-15-3-4-16(20-15)10-17(19)18-13-6-11-5-12(8-13)9-14(18)7-11/h3-4,11-14,17-18H,2,5-10,19H2,1H3. The number of nitrogens with two attached hydrogens (primary N) is 1. The summed E-state index contributed by atoms with van der Waals surface area (Å²) in [6.45, 7) is 2.14. The molecule has 1 atom stereocenters. The first-order valence-electron chi connectivity index (χ1n) is 8.56. The molecule has 0 amide bonds. The lowest BCUT2D eigenvalue weighted by atomic mass is 9.50. The maximum absolute atomic E-state index is 6.62. The van der Waals surface area contributed by atoms with Gasteiger partial charge in [0.25, 0.3) is 0 Å². The molecule has 0 aromatic carbocycles. The lowest BCUT2D eigenvalue weighted by Gasteiger charge is -2.56. The molecule has 0 spiro atoms. The molecule has 2 heteroatoms. The van der Waals surface area contributed by atoms with Crippen LogP contribution in [0.1, 0.15) is 50.5 Å². The highest BCUT2D eigenvalue weighted by molar-refractivity contribution is 5.10. The lowest BCUT2D eigenvalue weighted by Crippen LogP contribution is -2.52. The van der Waals surface area contributed by atoms with Gasteiger partial charge in [-0.15, -0.1) is 0 Å². The molecule has 5 rings (SSSR count). The zero-order valence-corrected chi connectivity index (χ0v) is 12.6. The summed E-state index contributed by atoms with van der Waals surface area (Å²) in [5.41, 5.74) is 6.62. The van der Waals surface area contributed by atoms with Gasteiger partial charge in [0.05, 0.1) is 0 Å². The molecular weight excluding hydrogens is 246 g/mol. The van der Waals surface area contributed by atoms with E-state index in [9.17, 15) is 0 Å². The Bertz CT molecular complexity index is 450. The Balaban J connectivity index is 1.47. The van der Waals surface area contributed by atoms with E-state index in [-0.39, 0.29) is 0 Å². The van der Waals surface area contributed by atoms with Gasteiger partial charge in [-0.1, -0.05) is 6.92 Å². The van der Waals surface area contributed by atoms with Crippen LogP contribution in [-0.4, -0.2) is 6.04 Å². The number of hydrogen-bond acceptors (Lipinski definition) is 2. The first-order valence-corrected chi connectivity index (χ1v) is 8.56. The van der Waals surface area contributed by atoms with Crippen LogP contribution in [0.25, 0.3) is 0 Å². The van der Waals surface area contributed by atoms with E-state index in [4.69, 9.17) is 10.2 Å². The molecule has 4 aliphatic carbocycles. The van der Waals surface area contributed by atoms with Gasteiger partial charge in [0, 0.05) is 18.9 Å². The topological polar surface area (TPSA) is 39.2 Å². The normalized spacial score (nSPS) is 40.2. The molecule has 20 heavy (non-hydrogen) atoms. The Labute approximate surface area is 122 Å². The third-order valence-corrected chi connectivity index (χ3v) is 6.30. The SMILES string of the molecule is CCc1ccc(CC(N)C2C3CC4CC(C3)CC2C4)o1. The predicted octanol–water partition coefficient (Wildman–Crippen LogP) is 3.78. The van der Waals surface area contributed by atoms with Crippen molar-refractivity contribution in [2.75, 3.05) is 0 Å². The fourth-order valence-corrected chi connectivity index (χ4v) is 5.76. The summed E-state index contributed by atoms with van der Waals surface area (Å²) in [4.78, 5) is 0. The van der Waals surface area contributed by atoms with E-state index in [1.54, 1.807) is 0 Å². The highest BCUT2D eigenvalue weighted by Gasteiger charge is 2.49. The molecular formula is C18H27NO. The second-order valence-electron chi connectivity index (χ2n) is 7.60. The molecule has 2 N–H and O–H groups in total. The molecule has 0 radical (unpaired) electrons. The molecule has 4 aliphatic rings. The van der Waals surface area contributed by atoms with Crippen LogP contribution in [0.5, 0.6) is 0 Å². The van der Waals surface area contributed by atoms with E-state index in [1.807, 2.05) is 0 Å². The second kappa shape index (κ2) is 4.91. The zero-order valence-electron chi connectivity index (χ0n) is 12.6. The monoisotopic (exact) mass is 273 g/mol. The first-order chi connectivity index (χ1) is 9.72. The van der Waals surface area contributed by atoms with Crippen LogP contribution < -0.4 is 5.73 Å². The van der Waals surface area contributed by atoms with Crippen molar-refractivity contribution < 1.29 is 4.42 Å². The molecule has 0 saturated heterocycles. The van der Waals surface area contributed by atoms with Crippen molar-refractivity contribution in [3.63, 3.8) is 0 Å². The number of furan rings is 1. The molecule has 110 valence electrons. The van der Waals surface area contributed by atoms with Crippen LogP contribution in [0.4, 0.5) is 0 Å². The Morgan fingerprint density at radius 3 is 2.20 bits per heavy atom. The maximum Gasteiger partial charge on any atom is 0.105 e. The van der Waals surface area contributed by atoms with Gasteiger partial charge in [-0.3, -0.25) is 0 Å². The highest BCUT2D eigenvalue weighted by atomic mass is 16.3. The van der Waals surface area contributed by atoms with Gasteiger partial charge >= 0.3 is 0 Å². The summed E-state index contributed by atoms with van der Waals surface area (Å²) >= 11 is 0. The summed E-state index contributed by atoms with van der Waals surface area (Å²) in [6, 6.07) is 4.55. The Kier molecular flexibility index (Phi) is 3.17. The van der Waals surface area contributed by atoms with Crippen molar-refractivity contribution >= 4 is 0 Å². The predicted molar refractivity (Wildman–Crippen MR) is 80.3 cm³/mol. The number of hydrogen-bond donors (Lipinski definition) is 1. The fraction of sp³-hybridized carbons (Fsp3) is 0.778. The van der Waals surface area contributed by atoms with Gasteiger partial charge in [0.15, 0.2) is 0 Å². The van der Waals surface area contributed by atoms with Crippen LogP contribution >= 0.6 is 0 Å². The Morgan fingerprint density at radius 1 is 1.05 bits per heavy atom. The minimum absolute atomic E-state index is 0.306. The summed E-state index contributed by atoms with van der Waals surface area (Å²) in [6.07, 6.45) is 9.29. The van der Waals surface area contributed by atoms with Crippen LogP contribution in [0.2, 0.25) is 0 Å². The minimum atomic E-state index is 0.306. The fourth-order valence-electron chi connectivity index (χ4n) is 5.76. The first kappa shape index (κ1) is 12.9. The Morgan fingerprint density at radius 2 is 1.65 bits per heavy atom. The molecule has 2 nitrogen and oxygen atoms in total. The molecule has 0 aliphatic heterocycles. The van der Waals surface area contributed by atoms with Gasteiger partial charge in [0.1, 0.15) is 11.5 Å². The molecule has 1 aromatic heterocycles. The lowest BCUT2D eigenvalue weighted by molar-refractivity contribution is -0.0469. The van der Waals surface area contributed by atoms with E-state index in [0.717, 1.165) is 54.0 Å². The second-order valence-corrected chi connectivity index (χ2v) is 7.60. The molecule has 1 heterocycles. The van der Waals surface area contributed by atoms with Gasteiger partial charge in [-0.2, -0.15) is 0 Å². The summed E-state index contributed by atoms with van der Waals surface area (Å²) in [7, 11) is 0. The third-order valence-electron chi connectivity index (χ3n) is 6.30. The van der Waals surface area contributed by atoms with E-state index < -0.39 is 0 Å². The Hall–Kier alpha value is -0.760. The van der Waals surface area contributed by atoms with Gasteiger partial charge in [-0.25, -0.2) is 0 Å². The van der Waals surface area contributed by atoms with Crippen molar-refractivity contribution in [2.45, 2.75) is 57.9 Å². The smallest absolute Gasteiger partial charge is 0.105 e. The average molecular weight is 273 g/mol. The molecule has 1 unspecified atom stereocenters. The highest BCUT2D eigenvalue weighted by Crippen LogP contribution is 2.57. The van der Waals surface area contributed by atoms with Crippen LogP contribution in [0.3, 0.4) is 0 Å². The van der Waals surface area contributed by atoms with Gasteiger partial charge in [-0.05, 0) is 73.8 Å². The summed E-state index contributed by atoms with van der Waals surface area (Å²) < 4.78 is 5.87. The minimum Gasteiger partial charge on any atom is -0.466 e. The maximum atomic E-state index is 6.62. The molecule has 4 bridgehead atoms. The van der Waals surface area contributed by atoms with Crippen molar-refractivity contribution in [3.8, 4) is 0 Å². The largest absolute Gasteiger partial charge is 0.466 e. The van der Waals surface area contributed by atoms with Crippen LogP contribution in [0, 0.1) is 29.6 Å². The van der Waals surface area contributed by atoms with Crippen molar-refractivity contribution in [2.24, 2.45) is 35.3 Å². The zero-order chi connectivity index (χ0) is 13.7. The summed E-state index contributed by atoms with van der Waals surface area (Å²) in [5, 5.41) is 0. The van der Waals surface area contributed by atoms with Gasteiger partial charge < -0.3 is 10.2 Å². The van der Waals surface area contributed by atoms with Crippen LogP contribution in [0.15, 0.2) is 16.5 Å². The number of aryl methyl sites for hydroxylation is 1. The van der Waals surface area contributed by atoms with Crippen LogP contribution in [-0.2, 0) is 12.8 Å². The number of rotatable bonds is 4. The summed E-state index contributed by atoms with van der Waals surface area (Å²) in [5.74, 6) is 6.87. The van der Waals surface area contributed by atoms with Gasteiger partial charge in [0.2, 0.25) is 0 Å². The van der Waals surface area contributed by atoms with Crippen molar-refractivity contribution in [3.05, 3.63) is 23.7 Å². The van der Waals surface area contributed by atoms with Crippen molar-refractivity contribution in [1.29, 1.82) is 0 Å². The quantitative estimate of drug-likeness (QED) is 0.906. The third kappa shape index (κ3) is 2.13. The van der Waals surface area contributed by atoms with Crippen molar-refractivity contribution in [1.82, 2.24) is 0 Å². The van der Waals surface area contributed by atoms with E-state index in [0.29, 0.717) is 6.04 Å².